The molecule has 0 atom stereocenters. The maximum absolute atomic E-state index is 8.68. The highest BCUT2D eigenvalue weighted by atomic mass is 79.9. The van der Waals surface area contributed by atoms with Crippen LogP contribution in [0.15, 0.2) is 52.4 Å². The summed E-state index contributed by atoms with van der Waals surface area (Å²) in [5, 5.41) is 11.8. The second kappa shape index (κ2) is 6.33. The molecule has 0 saturated carbocycles. The van der Waals surface area contributed by atoms with E-state index in [1.54, 1.807) is 19.3 Å². The van der Waals surface area contributed by atoms with E-state index < -0.39 is 0 Å². The van der Waals surface area contributed by atoms with E-state index in [0.717, 1.165) is 21.3 Å². The Morgan fingerprint density at radius 2 is 2.05 bits per heavy atom. The predicted octanol–water partition coefficient (Wildman–Crippen LogP) is 3.62. The molecule has 0 aliphatic rings. The smallest absolute Gasteiger partial charge is 0.119 e. The molecule has 1 heterocycles. The van der Waals surface area contributed by atoms with E-state index in [4.69, 9.17) is 9.94 Å². The zero-order valence-corrected chi connectivity index (χ0v) is 12.0. The van der Waals surface area contributed by atoms with Gasteiger partial charge in [-0.05, 0) is 58.7 Å². The second-order valence-electron chi connectivity index (χ2n) is 4.01. The van der Waals surface area contributed by atoms with Gasteiger partial charge in [0.15, 0.2) is 0 Å². The molecule has 0 saturated heterocycles. The zero-order valence-electron chi connectivity index (χ0n) is 10.4. The molecular formula is C14H13BrN2O2. The highest BCUT2D eigenvalue weighted by Crippen LogP contribution is 2.16. The number of rotatable bonds is 4. The van der Waals surface area contributed by atoms with Gasteiger partial charge < -0.3 is 9.94 Å². The molecule has 19 heavy (non-hydrogen) atoms. The number of pyridine rings is 1. The Morgan fingerprint density at radius 3 is 2.68 bits per heavy atom. The standard InChI is InChI=1S/C14H13BrN2O2/c1-10(17-18)12-2-4-14(5-3-12)19-9-11-6-13(15)8-16-7-11/h2-8,18H,9H2,1H3/b17-10-. The van der Waals surface area contributed by atoms with Crippen LogP contribution in [0.2, 0.25) is 0 Å². The number of hydrogen-bond acceptors (Lipinski definition) is 4. The van der Waals surface area contributed by atoms with Gasteiger partial charge >= 0.3 is 0 Å². The normalized spacial score (nSPS) is 11.4. The molecule has 1 aromatic heterocycles. The molecule has 0 aliphatic carbocycles. The van der Waals surface area contributed by atoms with Crippen molar-refractivity contribution in [2.75, 3.05) is 0 Å². The maximum atomic E-state index is 8.68. The number of ether oxygens (including phenoxy) is 1. The van der Waals surface area contributed by atoms with Crippen LogP contribution in [0, 0.1) is 0 Å². The minimum Gasteiger partial charge on any atom is -0.489 e. The van der Waals surface area contributed by atoms with Crippen molar-refractivity contribution in [3.05, 3.63) is 58.3 Å². The summed E-state index contributed by atoms with van der Waals surface area (Å²) in [5.74, 6) is 0.759. The molecule has 1 N–H and O–H groups in total. The number of halogens is 1. The average molecular weight is 321 g/mol. The van der Waals surface area contributed by atoms with Crippen molar-refractivity contribution in [1.29, 1.82) is 0 Å². The quantitative estimate of drug-likeness (QED) is 0.531. The number of aromatic nitrogens is 1. The molecule has 0 radical (unpaired) electrons. The summed E-state index contributed by atoms with van der Waals surface area (Å²) in [6, 6.07) is 9.35. The Balaban J connectivity index is 2.00. The topological polar surface area (TPSA) is 54.7 Å². The first-order chi connectivity index (χ1) is 9.19. The summed E-state index contributed by atoms with van der Waals surface area (Å²) in [7, 11) is 0. The summed E-state index contributed by atoms with van der Waals surface area (Å²) >= 11 is 3.37. The molecule has 2 aromatic rings. The molecule has 0 fully saturated rings. The molecule has 1 aromatic carbocycles. The van der Waals surface area contributed by atoms with Crippen molar-refractivity contribution in [3.63, 3.8) is 0 Å². The van der Waals surface area contributed by atoms with Gasteiger partial charge in [0.2, 0.25) is 0 Å². The van der Waals surface area contributed by atoms with Crippen LogP contribution in [0.4, 0.5) is 0 Å². The lowest BCUT2D eigenvalue weighted by molar-refractivity contribution is 0.305. The van der Waals surface area contributed by atoms with Gasteiger partial charge in [-0.3, -0.25) is 4.98 Å². The summed E-state index contributed by atoms with van der Waals surface area (Å²) < 4.78 is 6.58. The van der Waals surface area contributed by atoms with Gasteiger partial charge in [0.25, 0.3) is 0 Å². The highest BCUT2D eigenvalue weighted by molar-refractivity contribution is 9.10. The highest BCUT2D eigenvalue weighted by Gasteiger charge is 2.00. The Hall–Kier alpha value is -1.88. The zero-order chi connectivity index (χ0) is 13.7. The van der Waals surface area contributed by atoms with E-state index >= 15 is 0 Å². The predicted molar refractivity (Wildman–Crippen MR) is 76.7 cm³/mol. The first-order valence-electron chi connectivity index (χ1n) is 5.70. The number of hydrogen-bond donors (Lipinski definition) is 1. The first-order valence-corrected chi connectivity index (χ1v) is 6.49. The fourth-order valence-corrected chi connectivity index (χ4v) is 1.96. The van der Waals surface area contributed by atoms with Crippen LogP contribution in [-0.2, 0) is 6.61 Å². The fraction of sp³-hybridized carbons (Fsp3) is 0.143. The van der Waals surface area contributed by atoms with E-state index in [0.29, 0.717) is 12.3 Å². The average Bonchev–Trinajstić information content (AvgIpc) is 2.45. The van der Waals surface area contributed by atoms with E-state index in [2.05, 4.69) is 26.1 Å². The largest absolute Gasteiger partial charge is 0.489 e. The van der Waals surface area contributed by atoms with E-state index in [1.807, 2.05) is 30.3 Å². The van der Waals surface area contributed by atoms with E-state index in [1.165, 1.54) is 0 Å². The molecule has 98 valence electrons. The Kier molecular flexibility index (Phi) is 4.52. The lowest BCUT2D eigenvalue weighted by Gasteiger charge is -2.07. The third-order valence-electron chi connectivity index (χ3n) is 2.59. The fourth-order valence-electron chi connectivity index (χ4n) is 1.55. The van der Waals surface area contributed by atoms with Crippen LogP contribution in [0.3, 0.4) is 0 Å². The van der Waals surface area contributed by atoms with Crippen LogP contribution < -0.4 is 4.74 Å². The molecule has 0 spiro atoms. The molecule has 4 nitrogen and oxygen atoms in total. The van der Waals surface area contributed by atoms with Crippen molar-refractivity contribution in [3.8, 4) is 5.75 Å². The minimum atomic E-state index is 0.457. The van der Waals surface area contributed by atoms with Crippen LogP contribution in [0.25, 0.3) is 0 Å². The van der Waals surface area contributed by atoms with Crippen molar-refractivity contribution >= 4 is 21.6 Å². The minimum absolute atomic E-state index is 0.457. The lowest BCUT2D eigenvalue weighted by Crippen LogP contribution is -1.98. The van der Waals surface area contributed by atoms with E-state index in [-0.39, 0.29) is 0 Å². The maximum Gasteiger partial charge on any atom is 0.119 e. The van der Waals surface area contributed by atoms with Gasteiger partial charge in [0.05, 0.1) is 5.71 Å². The summed E-state index contributed by atoms with van der Waals surface area (Å²) in [5.41, 5.74) is 2.42. The number of oxime groups is 1. The summed E-state index contributed by atoms with van der Waals surface area (Å²) in [4.78, 5) is 4.07. The molecule has 0 aliphatic heterocycles. The summed E-state index contributed by atoms with van der Waals surface area (Å²) in [6.07, 6.45) is 3.50. The third kappa shape index (κ3) is 3.79. The van der Waals surface area contributed by atoms with Crippen molar-refractivity contribution in [1.82, 2.24) is 4.98 Å². The van der Waals surface area contributed by atoms with Crippen LogP contribution in [-0.4, -0.2) is 15.9 Å². The van der Waals surface area contributed by atoms with Crippen molar-refractivity contribution in [2.45, 2.75) is 13.5 Å². The molecule has 0 unspecified atom stereocenters. The Morgan fingerprint density at radius 1 is 1.32 bits per heavy atom. The van der Waals surface area contributed by atoms with Gasteiger partial charge in [-0.2, -0.15) is 0 Å². The lowest BCUT2D eigenvalue weighted by atomic mass is 10.1. The summed E-state index contributed by atoms with van der Waals surface area (Å²) in [6.45, 7) is 2.20. The van der Waals surface area contributed by atoms with E-state index in [9.17, 15) is 0 Å². The monoisotopic (exact) mass is 320 g/mol. The van der Waals surface area contributed by atoms with Crippen LogP contribution in [0.5, 0.6) is 5.75 Å². The third-order valence-corrected chi connectivity index (χ3v) is 3.02. The SMILES string of the molecule is C/C(=N/O)c1ccc(OCc2cncc(Br)c2)cc1. The van der Waals surface area contributed by atoms with Gasteiger partial charge in [-0.25, -0.2) is 0 Å². The Bertz CT molecular complexity index is 582. The Labute approximate surface area is 119 Å². The van der Waals surface area contributed by atoms with Gasteiger partial charge in [-0.1, -0.05) is 5.16 Å². The van der Waals surface area contributed by atoms with Crippen LogP contribution >= 0.6 is 15.9 Å². The van der Waals surface area contributed by atoms with Crippen molar-refractivity contribution < 1.29 is 9.94 Å². The second-order valence-corrected chi connectivity index (χ2v) is 4.93. The van der Waals surface area contributed by atoms with Gasteiger partial charge in [0.1, 0.15) is 12.4 Å². The van der Waals surface area contributed by atoms with Crippen LogP contribution in [0.1, 0.15) is 18.1 Å². The molecular weight excluding hydrogens is 308 g/mol. The van der Waals surface area contributed by atoms with Crippen molar-refractivity contribution in [2.24, 2.45) is 5.16 Å². The molecule has 2 rings (SSSR count). The number of nitrogens with zero attached hydrogens (tertiary/aromatic N) is 2. The number of benzene rings is 1. The molecule has 5 heteroatoms. The van der Waals surface area contributed by atoms with Gasteiger partial charge in [0, 0.05) is 22.4 Å². The van der Waals surface area contributed by atoms with Gasteiger partial charge in [-0.15, -0.1) is 0 Å². The molecule has 0 amide bonds. The molecule has 0 bridgehead atoms. The first kappa shape index (κ1) is 13.5.